The molecular weight excluding hydrogens is 364 g/mol. The van der Waals surface area contributed by atoms with Crippen molar-refractivity contribution in [1.82, 2.24) is 0 Å². The molecule has 3 aliphatic rings. The molecule has 0 aromatic heterocycles. The Kier molecular flexibility index (Phi) is 5.58. The number of rotatable bonds is 4. The molecule has 0 saturated heterocycles. The van der Waals surface area contributed by atoms with E-state index in [2.05, 4.69) is 78.2 Å². The highest BCUT2D eigenvalue weighted by Gasteiger charge is 2.45. The Bertz CT molecular complexity index is 888. The highest BCUT2D eigenvalue weighted by molar-refractivity contribution is 5.69. The van der Waals surface area contributed by atoms with Gasteiger partial charge in [0.25, 0.3) is 0 Å². The normalized spacial score (nSPS) is 23.6. The van der Waals surface area contributed by atoms with E-state index in [1.54, 1.807) is 5.70 Å². The van der Waals surface area contributed by atoms with Crippen LogP contribution in [0.1, 0.15) is 70.3 Å². The van der Waals surface area contributed by atoms with E-state index in [1.165, 1.54) is 80.4 Å². The number of hydrogen-bond donors (Lipinski definition) is 0. The summed E-state index contributed by atoms with van der Waals surface area (Å²) in [6.07, 6.45) is 12.7. The number of allylic oxidation sites excluding steroid dienone is 2. The highest BCUT2D eigenvalue weighted by atomic mass is 15.4. The maximum absolute atomic E-state index is 2.77. The van der Waals surface area contributed by atoms with Crippen molar-refractivity contribution in [2.75, 3.05) is 9.80 Å². The lowest BCUT2D eigenvalue weighted by Crippen LogP contribution is -2.46. The fourth-order valence-electron chi connectivity index (χ4n) is 6.34. The number of para-hydroxylation sites is 2. The van der Waals surface area contributed by atoms with Crippen molar-refractivity contribution in [3.05, 3.63) is 71.6 Å². The molecule has 2 aromatic carbocycles. The van der Waals surface area contributed by atoms with Crippen LogP contribution in [-0.4, -0.2) is 6.17 Å². The van der Waals surface area contributed by atoms with Gasteiger partial charge in [0.15, 0.2) is 0 Å². The summed E-state index contributed by atoms with van der Waals surface area (Å²) in [5.74, 6) is 1.41. The average molecular weight is 401 g/mol. The molecule has 2 aromatic rings. The molecule has 2 nitrogen and oxygen atoms in total. The van der Waals surface area contributed by atoms with Crippen LogP contribution in [-0.2, 0) is 0 Å². The molecule has 30 heavy (non-hydrogen) atoms. The van der Waals surface area contributed by atoms with E-state index in [1.807, 2.05) is 0 Å². The predicted octanol–water partition coefficient (Wildman–Crippen LogP) is 7.65. The molecule has 0 amide bonds. The third-order valence-electron chi connectivity index (χ3n) is 7.74. The molecule has 1 heterocycles. The quantitative estimate of drug-likeness (QED) is 0.520. The van der Waals surface area contributed by atoms with Crippen LogP contribution in [0, 0.1) is 18.8 Å². The van der Waals surface area contributed by atoms with Crippen LogP contribution in [0.2, 0.25) is 0 Å². The first-order chi connectivity index (χ1) is 14.8. The molecule has 2 saturated carbocycles. The second-order valence-electron chi connectivity index (χ2n) is 9.63. The van der Waals surface area contributed by atoms with Gasteiger partial charge < -0.3 is 9.80 Å². The molecule has 158 valence electrons. The fraction of sp³-hybridized carbons (Fsp3) is 0.500. The van der Waals surface area contributed by atoms with Crippen LogP contribution in [0.5, 0.6) is 0 Å². The molecule has 0 spiro atoms. The van der Waals surface area contributed by atoms with Gasteiger partial charge in [-0.2, -0.15) is 0 Å². The summed E-state index contributed by atoms with van der Waals surface area (Å²) in [5.41, 5.74) is 7.28. The molecule has 0 bridgehead atoms. The van der Waals surface area contributed by atoms with Gasteiger partial charge in [0, 0.05) is 28.7 Å². The van der Waals surface area contributed by atoms with Crippen LogP contribution in [0.15, 0.2) is 66.0 Å². The third-order valence-corrected chi connectivity index (χ3v) is 7.74. The van der Waals surface area contributed by atoms with Crippen LogP contribution >= 0.6 is 0 Å². The van der Waals surface area contributed by atoms with Gasteiger partial charge in [-0.05, 0) is 69.2 Å². The zero-order valence-electron chi connectivity index (χ0n) is 18.7. The molecule has 2 heteroatoms. The standard InChI is InChI=1S/C28H36N2/c1-21-13-9-12-20-26(21)29-22(2)27(23-14-5-3-6-15-23)30(25-18-7-4-8-19-25)28(29)24-16-10-11-17-24/h4,7-9,12-13,18-20,23-24,28H,3,5-6,10-11,14-17H2,1-2H3. The van der Waals surface area contributed by atoms with Gasteiger partial charge in [-0.3, -0.25) is 0 Å². The third kappa shape index (κ3) is 3.45. The summed E-state index contributed by atoms with van der Waals surface area (Å²) < 4.78 is 0. The fourth-order valence-corrected chi connectivity index (χ4v) is 6.34. The van der Waals surface area contributed by atoms with E-state index in [-0.39, 0.29) is 0 Å². The van der Waals surface area contributed by atoms with E-state index >= 15 is 0 Å². The van der Waals surface area contributed by atoms with Gasteiger partial charge in [0.1, 0.15) is 6.17 Å². The van der Waals surface area contributed by atoms with E-state index in [4.69, 9.17) is 0 Å². The van der Waals surface area contributed by atoms with Crippen molar-refractivity contribution in [2.45, 2.75) is 77.8 Å². The molecule has 2 aliphatic carbocycles. The SMILES string of the molecule is CC1=C(C2CCCCC2)N(c2ccccc2)C(C2CCCC2)N1c1ccccc1C. The van der Waals surface area contributed by atoms with Crippen LogP contribution < -0.4 is 9.80 Å². The largest absolute Gasteiger partial charge is 0.322 e. The monoisotopic (exact) mass is 400 g/mol. The first-order valence-electron chi connectivity index (χ1n) is 12.2. The summed E-state index contributed by atoms with van der Waals surface area (Å²) in [5, 5.41) is 0. The minimum Gasteiger partial charge on any atom is -0.322 e. The molecular formula is C28H36N2. The van der Waals surface area contributed by atoms with Crippen molar-refractivity contribution >= 4 is 11.4 Å². The summed E-state index contributed by atoms with van der Waals surface area (Å²) in [4.78, 5) is 5.50. The number of aryl methyl sites for hydroxylation is 1. The van der Waals surface area contributed by atoms with Gasteiger partial charge in [-0.15, -0.1) is 0 Å². The number of nitrogens with zero attached hydrogens (tertiary/aromatic N) is 2. The summed E-state index contributed by atoms with van der Waals surface area (Å²) in [7, 11) is 0. The van der Waals surface area contributed by atoms with E-state index in [9.17, 15) is 0 Å². The van der Waals surface area contributed by atoms with E-state index < -0.39 is 0 Å². The number of anilines is 2. The topological polar surface area (TPSA) is 6.48 Å². The molecule has 0 N–H and O–H groups in total. The first-order valence-corrected chi connectivity index (χ1v) is 12.2. The number of benzene rings is 2. The second-order valence-corrected chi connectivity index (χ2v) is 9.63. The highest BCUT2D eigenvalue weighted by Crippen LogP contribution is 2.49. The Morgan fingerprint density at radius 3 is 2.00 bits per heavy atom. The van der Waals surface area contributed by atoms with Crippen molar-refractivity contribution in [2.24, 2.45) is 11.8 Å². The molecule has 1 aliphatic heterocycles. The Labute approximate surface area is 182 Å². The van der Waals surface area contributed by atoms with Crippen LogP contribution in [0.3, 0.4) is 0 Å². The van der Waals surface area contributed by atoms with Crippen molar-refractivity contribution in [1.29, 1.82) is 0 Å². The molecule has 1 atom stereocenters. The molecule has 2 fully saturated rings. The Hall–Kier alpha value is -2.22. The Balaban J connectivity index is 1.67. The summed E-state index contributed by atoms with van der Waals surface area (Å²) in [6, 6.07) is 20.3. The van der Waals surface area contributed by atoms with Gasteiger partial charge in [-0.1, -0.05) is 68.5 Å². The van der Waals surface area contributed by atoms with Crippen molar-refractivity contribution < 1.29 is 0 Å². The van der Waals surface area contributed by atoms with Crippen LogP contribution in [0.25, 0.3) is 0 Å². The minimum absolute atomic E-state index is 0.410. The van der Waals surface area contributed by atoms with Gasteiger partial charge >= 0.3 is 0 Å². The lowest BCUT2D eigenvalue weighted by atomic mass is 9.85. The summed E-state index contributed by atoms with van der Waals surface area (Å²) in [6.45, 7) is 4.68. The molecule has 5 rings (SSSR count). The minimum atomic E-state index is 0.410. The average Bonchev–Trinajstić information content (AvgIpc) is 3.41. The first kappa shape index (κ1) is 19.7. The van der Waals surface area contributed by atoms with Gasteiger partial charge in [0.2, 0.25) is 0 Å². The summed E-state index contributed by atoms with van der Waals surface area (Å²) >= 11 is 0. The lowest BCUT2D eigenvalue weighted by molar-refractivity contribution is 0.380. The van der Waals surface area contributed by atoms with E-state index in [0.29, 0.717) is 12.1 Å². The maximum atomic E-state index is 2.77. The smallest absolute Gasteiger partial charge is 0.113 e. The van der Waals surface area contributed by atoms with E-state index in [0.717, 1.165) is 5.92 Å². The molecule has 0 radical (unpaired) electrons. The maximum Gasteiger partial charge on any atom is 0.113 e. The van der Waals surface area contributed by atoms with Gasteiger partial charge in [-0.25, -0.2) is 0 Å². The van der Waals surface area contributed by atoms with Gasteiger partial charge in [0.05, 0.1) is 0 Å². The number of hydrogen-bond acceptors (Lipinski definition) is 2. The zero-order chi connectivity index (χ0) is 20.5. The zero-order valence-corrected chi connectivity index (χ0v) is 18.7. The Morgan fingerprint density at radius 2 is 1.30 bits per heavy atom. The lowest BCUT2D eigenvalue weighted by Gasteiger charge is -2.40. The Morgan fingerprint density at radius 1 is 0.667 bits per heavy atom. The second kappa shape index (κ2) is 8.49. The van der Waals surface area contributed by atoms with Crippen molar-refractivity contribution in [3.63, 3.8) is 0 Å². The predicted molar refractivity (Wildman–Crippen MR) is 128 cm³/mol. The van der Waals surface area contributed by atoms with Crippen LogP contribution in [0.4, 0.5) is 11.4 Å². The molecule has 1 unspecified atom stereocenters. The van der Waals surface area contributed by atoms with Crippen molar-refractivity contribution in [3.8, 4) is 0 Å².